The number of hydrogen-bond donors (Lipinski definition) is 0. The maximum atomic E-state index is 12.3. The quantitative estimate of drug-likeness (QED) is 0.598. The minimum absolute atomic E-state index is 0.00171. The summed E-state index contributed by atoms with van der Waals surface area (Å²) in [4.78, 5) is 12.3. The Bertz CT molecular complexity index is 577. The van der Waals surface area contributed by atoms with Crippen molar-refractivity contribution in [1.29, 1.82) is 0 Å². The number of ether oxygens (including phenoxy) is 1. The van der Waals surface area contributed by atoms with Crippen LogP contribution >= 0.6 is 0 Å². The van der Waals surface area contributed by atoms with E-state index in [0.717, 1.165) is 5.56 Å². The van der Waals surface area contributed by atoms with Crippen LogP contribution in [0.1, 0.15) is 44.4 Å². The van der Waals surface area contributed by atoms with Crippen LogP contribution in [0.4, 0.5) is 0 Å². The maximum Gasteiger partial charge on any atom is 0.310 e. The van der Waals surface area contributed by atoms with Crippen LogP contribution in [0.2, 0.25) is 0 Å². The Morgan fingerprint density at radius 2 is 1.95 bits per heavy atom. The van der Waals surface area contributed by atoms with E-state index in [9.17, 15) is 4.79 Å². The highest BCUT2D eigenvalue weighted by atomic mass is 16.5. The van der Waals surface area contributed by atoms with Crippen LogP contribution in [0.5, 0.6) is 0 Å². The van der Waals surface area contributed by atoms with Crippen molar-refractivity contribution in [3.63, 3.8) is 0 Å². The van der Waals surface area contributed by atoms with Gasteiger partial charge in [0, 0.05) is 0 Å². The summed E-state index contributed by atoms with van der Waals surface area (Å²) in [6.45, 7) is 12.9. The summed E-state index contributed by atoms with van der Waals surface area (Å²) in [6, 6.07) is 6.23. The fraction of sp³-hybridized carbons (Fsp3) is 0.526. The average molecular weight is 286 g/mol. The van der Waals surface area contributed by atoms with E-state index in [1.165, 1.54) is 16.7 Å². The van der Waals surface area contributed by atoms with Gasteiger partial charge in [0.1, 0.15) is 6.61 Å². The molecule has 0 radical (unpaired) electrons. The monoisotopic (exact) mass is 286 g/mol. The van der Waals surface area contributed by atoms with Gasteiger partial charge in [0.05, 0.1) is 5.92 Å². The van der Waals surface area contributed by atoms with Gasteiger partial charge in [-0.25, -0.2) is 0 Å². The van der Waals surface area contributed by atoms with E-state index in [2.05, 4.69) is 59.8 Å². The Kier molecular flexibility index (Phi) is 4.27. The summed E-state index contributed by atoms with van der Waals surface area (Å²) in [7, 11) is 0. The molecular weight excluding hydrogens is 260 g/mol. The second-order valence-corrected chi connectivity index (χ2v) is 7.11. The summed E-state index contributed by atoms with van der Waals surface area (Å²) >= 11 is 0. The molecule has 0 aromatic heterocycles. The largest absolute Gasteiger partial charge is 0.461 e. The number of carbonyl (C=O) groups excluding carboxylic acids is 1. The Morgan fingerprint density at radius 3 is 2.52 bits per heavy atom. The molecule has 0 bridgehead atoms. The first-order valence-corrected chi connectivity index (χ1v) is 7.61. The lowest BCUT2D eigenvalue weighted by atomic mass is 10.1. The highest BCUT2D eigenvalue weighted by molar-refractivity contribution is 5.78. The van der Waals surface area contributed by atoms with Crippen LogP contribution in [0.25, 0.3) is 0 Å². The zero-order valence-electron chi connectivity index (χ0n) is 14.0. The van der Waals surface area contributed by atoms with Gasteiger partial charge in [-0.1, -0.05) is 49.3 Å². The molecule has 1 aliphatic rings. The molecule has 0 spiro atoms. The number of rotatable bonds is 4. The zero-order chi connectivity index (χ0) is 15.8. The molecule has 2 nitrogen and oxygen atoms in total. The zero-order valence-corrected chi connectivity index (χ0v) is 14.0. The molecule has 1 saturated carbocycles. The van der Waals surface area contributed by atoms with Gasteiger partial charge in [-0.2, -0.15) is 0 Å². The van der Waals surface area contributed by atoms with Crippen molar-refractivity contribution < 1.29 is 9.53 Å². The van der Waals surface area contributed by atoms with E-state index in [0.29, 0.717) is 12.5 Å². The van der Waals surface area contributed by atoms with Crippen molar-refractivity contribution in [1.82, 2.24) is 0 Å². The Hall–Kier alpha value is -1.57. The van der Waals surface area contributed by atoms with E-state index in [1.807, 2.05) is 6.07 Å². The van der Waals surface area contributed by atoms with E-state index < -0.39 is 0 Å². The highest BCUT2D eigenvalue weighted by Crippen LogP contribution is 2.59. The van der Waals surface area contributed by atoms with E-state index >= 15 is 0 Å². The minimum atomic E-state index is -0.0672. The fourth-order valence-electron chi connectivity index (χ4n) is 3.04. The molecule has 1 aliphatic carbocycles. The van der Waals surface area contributed by atoms with Crippen LogP contribution in [-0.4, -0.2) is 5.97 Å². The molecule has 0 N–H and O–H groups in total. The molecule has 1 aromatic rings. The Morgan fingerprint density at radius 1 is 1.29 bits per heavy atom. The summed E-state index contributed by atoms with van der Waals surface area (Å²) in [5.74, 6) is 0.245. The number of hydrogen-bond acceptors (Lipinski definition) is 2. The molecule has 114 valence electrons. The lowest BCUT2D eigenvalue weighted by molar-refractivity contribution is -0.147. The van der Waals surface area contributed by atoms with Crippen molar-refractivity contribution in [2.45, 2.75) is 48.1 Å². The topological polar surface area (TPSA) is 26.3 Å². The molecule has 2 atom stereocenters. The predicted octanol–water partition coefficient (Wildman–Crippen LogP) is 4.59. The standard InChI is InChI=1S/C19H26O2/c1-12(2)9-16-17(19(16,5)6)18(20)21-11-15-8-7-13(3)10-14(15)4/h7-10,16-17H,11H2,1-6H3/t16-,17+/m1/s1. The van der Waals surface area contributed by atoms with Crippen molar-refractivity contribution in [2.24, 2.45) is 17.3 Å². The Balaban J connectivity index is 1.98. The third-order valence-corrected chi connectivity index (χ3v) is 4.55. The lowest BCUT2D eigenvalue weighted by Crippen LogP contribution is -2.11. The van der Waals surface area contributed by atoms with Crippen LogP contribution in [0.15, 0.2) is 29.8 Å². The van der Waals surface area contributed by atoms with Crippen LogP contribution in [0.3, 0.4) is 0 Å². The number of benzene rings is 1. The molecule has 0 heterocycles. The van der Waals surface area contributed by atoms with Gasteiger partial charge in [0.15, 0.2) is 0 Å². The highest BCUT2D eigenvalue weighted by Gasteiger charge is 2.61. The van der Waals surface area contributed by atoms with Crippen molar-refractivity contribution in [3.05, 3.63) is 46.5 Å². The van der Waals surface area contributed by atoms with Crippen LogP contribution in [-0.2, 0) is 16.1 Å². The second-order valence-electron chi connectivity index (χ2n) is 7.11. The van der Waals surface area contributed by atoms with Crippen LogP contribution < -0.4 is 0 Å². The Labute approximate surface area is 128 Å². The molecule has 0 saturated heterocycles. The molecule has 1 fully saturated rings. The number of allylic oxidation sites excluding steroid dienone is 2. The van der Waals surface area contributed by atoms with E-state index in [-0.39, 0.29) is 17.3 Å². The molecule has 0 amide bonds. The summed E-state index contributed by atoms with van der Waals surface area (Å²) in [5, 5.41) is 0. The molecule has 0 unspecified atom stereocenters. The van der Waals surface area contributed by atoms with E-state index in [1.54, 1.807) is 0 Å². The van der Waals surface area contributed by atoms with Gasteiger partial charge in [-0.3, -0.25) is 4.79 Å². The first-order chi connectivity index (χ1) is 9.73. The van der Waals surface area contributed by atoms with Gasteiger partial charge < -0.3 is 4.74 Å². The fourth-order valence-corrected chi connectivity index (χ4v) is 3.04. The molecule has 1 aromatic carbocycles. The summed E-state index contributed by atoms with van der Waals surface area (Å²) in [6.07, 6.45) is 2.20. The van der Waals surface area contributed by atoms with Crippen molar-refractivity contribution >= 4 is 5.97 Å². The van der Waals surface area contributed by atoms with Crippen molar-refractivity contribution in [3.8, 4) is 0 Å². The first-order valence-electron chi connectivity index (χ1n) is 7.61. The van der Waals surface area contributed by atoms with Gasteiger partial charge in [0.2, 0.25) is 0 Å². The van der Waals surface area contributed by atoms with Crippen molar-refractivity contribution in [2.75, 3.05) is 0 Å². The molecule has 21 heavy (non-hydrogen) atoms. The summed E-state index contributed by atoms with van der Waals surface area (Å²) < 4.78 is 5.55. The third-order valence-electron chi connectivity index (χ3n) is 4.55. The molecular formula is C19H26O2. The van der Waals surface area contributed by atoms with Gasteiger partial charge in [0.25, 0.3) is 0 Å². The molecule has 2 rings (SSSR count). The maximum absolute atomic E-state index is 12.3. The number of esters is 1. The van der Waals surface area contributed by atoms with Gasteiger partial charge in [-0.05, 0) is 50.2 Å². The van der Waals surface area contributed by atoms with E-state index in [4.69, 9.17) is 4.74 Å². The summed E-state index contributed by atoms with van der Waals surface area (Å²) in [5.41, 5.74) is 4.79. The normalized spacial score (nSPS) is 22.6. The predicted molar refractivity (Wildman–Crippen MR) is 85.9 cm³/mol. The van der Waals surface area contributed by atoms with Crippen LogP contribution in [0, 0.1) is 31.1 Å². The SMILES string of the molecule is CC(C)=C[C@@H]1[C@@H](C(=O)OCc2ccc(C)cc2C)C1(C)C. The second kappa shape index (κ2) is 5.67. The number of aryl methyl sites for hydroxylation is 2. The van der Waals surface area contributed by atoms with Gasteiger partial charge >= 0.3 is 5.97 Å². The van der Waals surface area contributed by atoms with Gasteiger partial charge in [-0.15, -0.1) is 0 Å². The average Bonchev–Trinajstić information content (AvgIpc) is 2.88. The minimum Gasteiger partial charge on any atom is -0.461 e. The lowest BCUT2D eigenvalue weighted by Gasteiger charge is -2.09. The first kappa shape index (κ1) is 15.8. The smallest absolute Gasteiger partial charge is 0.310 e. The number of carbonyl (C=O) groups is 1. The molecule has 0 aliphatic heterocycles. The third kappa shape index (κ3) is 3.37. The molecule has 2 heteroatoms.